The molecule has 6 bridgehead atoms. The number of benzene rings is 2. The second-order valence-corrected chi connectivity index (χ2v) is 28.2. The molecule has 13 atom stereocenters. The van der Waals surface area contributed by atoms with Crippen molar-refractivity contribution in [3.63, 3.8) is 0 Å². The van der Waals surface area contributed by atoms with Gasteiger partial charge in [-0.2, -0.15) is 0 Å². The minimum atomic E-state index is -1.04. The van der Waals surface area contributed by atoms with Gasteiger partial charge in [0.15, 0.2) is 23.0 Å². The van der Waals surface area contributed by atoms with Crippen LogP contribution in [0.1, 0.15) is 161 Å². The molecule has 12 aliphatic rings. The fraction of sp³-hybridized carbons (Fsp3) is 0.803. The average molecular weight is 977 g/mol. The van der Waals surface area contributed by atoms with Crippen molar-refractivity contribution in [3.05, 3.63) is 46.5 Å². The van der Waals surface area contributed by atoms with Crippen molar-refractivity contribution in [1.29, 1.82) is 0 Å². The van der Waals surface area contributed by atoms with Crippen molar-refractivity contribution in [1.82, 2.24) is 9.80 Å². The zero-order valence-corrected chi connectivity index (χ0v) is 45.2. The summed E-state index contributed by atoms with van der Waals surface area (Å²) in [6.07, 6.45) is 16.0. The minimum Gasteiger partial charge on any atom is -0.493 e. The third-order valence-electron chi connectivity index (χ3n) is 23.6. The molecule has 2 aromatic rings. The van der Waals surface area contributed by atoms with Crippen LogP contribution in [-0.4, -0.2) is 121 Å². The summed E-state index contributed by atoms with van der Waals surface area (Å²) >= 11 is 0. The third-order valence-corrected chi connectivity index (χ3v) is 23.6. The fourth-order valence-corrected chi connectivity index (χ4v) is 18.9. The first-order valence-electron chi connectivity index (χ1n) is 28.6. The van der Waals surface area contributed by atoms with Crippen molar-refractivity contribution in [3.8, 4) is 23.0 Å². The van der Waals surface area contributed by atoms with E-state index in [1.807, 2.05) is 7.11 Å². The highest BCUT2D eigenvalue weighted by molar-refractivity contribution is 5.65. The molecule has 4 heterocycles. The normalized spacial score (nSPS) is 40.0. The fourth-order valence-electron chi connectivity index (χ4n) is 18.9. The summed E-state index contributed by atoms with van der Waals surface area (Å²) in [6, 6.07) is 9.86. The van der Waals surface area contributed by atoms with Gasteiger partial charge in [0, 0.05) is 77.6 Å². The van der Waals surface area contributed by atoms with Gasteiger partial charge in [-0.05, 0) is 175 Å². The van der Waals surface area contributed by atoms with Gasteiger partial charge in [0.1, 0.15) is 24.4 Å². The largest absolute Gasteiger partial charge is 0.493 e. The molecule has 2 N–H and O–H groups in total. The summed E-state index contributed by atoms with van der Waals surface area (Å²) < 4.78 is 41.8. The quantitative estimate of drug-likeness (QED) is 0.158. The van der Waals surface area contributed by atoms with Gasteiger partial charge in [-0.3, -0.25) is 9.80 Å². The van der Waals surface area contributed by atoms with Gasteiger partial charge in [0.2, 0.25) is 0 Å². The molecule has 14 rings (SSSR count). The molecular formula is C61H88N2O8. The number of ether oxygens (including phenoxy) is 6. The van der Waals surface area contributed by atoms with Crippen LogP contribution >= 0.6 is 0 Å². The number of fused-ring (bicyclic) bond motifs is 2. The van der Waals surface area contributed by atoms with Crippen molar-refractivity contribution < 1.29 is 38.6 Å². The standard InChI is InChI=1S/C61H88N2O8/c1-53(2,3)55(7,64)41-32-47-59-23-25-62(35-37-12-13-37)45(57(59,33-41)20-11-27-66-9)30-39-17-19-43(51(70-47)48(39)59)68-28-29-69-61-22-21-58(34-44(61)56(8,65)54(4,5)6)46-31-40-16-18-42(67-10)50-49(40)60(58,52(61)71-50)24-26-63(46)36-38-14-15-38/h16-19,37-38,41,44-47,52,64-65H,11-15,20-36H2,1-10H3/t41?,44-,45?,46?,47-,52+,55+,56+,57-,58?,59-,60+,61-/m1/s1. The van der Waals surface area contributed by atoms with E-state index < -0.39 is 22.2 Å². The first-order valence-corrected chi connectivity index (χ1v) is 28.6. The predicted molar refractivity (Wildman–Crippen MR) is 275 cm³/mol. The molecule has 71 heavy (non-hydrogen) atoms. The van der Waals surface area contributed by atoms with Crippen LogP contribution in [0, 0.1) is 45.3 Å². The van der Waals surface area contributed by atoms with Crippen LogP contribution in [0.25, 0.3) is 0 Å². The Morgan fingerprint density at radius 2 is 1.30 bits per heavy atom. The molecule has 2 aromatic carbocycles. The van der Waals surface area contributed by atoms with E-state index in [4.69, 9.17) is 28.4 Å². The van der Waals surface area contributed by atoms with Crippen LogP contribution in [0.2, 0.25) is 0 Å². The van der Waals surface area contributed by atoms with Crippen LogP contribution in [0.5, 0.6) is 23.0 Å². The number of rotatable bonds is 16. The molecule has 10 nitrogen and oxygen atoms in total. The maximum absolute atomic E-state index is 13.2. The van der Waals surface area contributed by atoms with E-state index >= 15 is 0 Å². The second kappa shape index (κ2) is 15.7. The SMILES string of the molecule is COCCC[C@]12CC([C@](C)(O)C(C)(C)C)C[C@H]3Oc4c(OCCO[C@]56CCC7(C[C@@H]5[C@](C)(O)C(C)(C)C)C5Cc8ccc(OC)c9c8[C@@]7(CCN5CC5CC5)[C@@H]6O9)ccc5c4[C@@]31CCN(CC1CC1)C2C5. The van der Waals surface area contributed by atoms with Gasteiger partial charge >= 0.3 is 0 Å². The summed E-state index contributed by atoms with van der Waals surface area (Å²) in [4.78, 5) is 5.78. The van der Waals surface area contributed by atoms with E-state index in [1.54, 1.807) is 7.11 Å². The van der Waals surface area contributed by atoms with Gasteiger partial charge in [0.25, 0.3) is 0 Å². The van der Waals surface area contributed by atoms with Crippen molar-refractivity contribution in [2.75, 3.05) is 60.2 Å². The molecule has 4 aliphatic heterocycles. The van der Waals surface area contributed by atoms with Gasteiger partial charge in [-0.1, -0.05) is 53.7 Å². The molecule has 0 amide bonds. The molecule has 10 heteroatoms. The number of piperidine rings is 2. The lowest BCUT2D eigenvalue weighted by atomic mass is 9.33. The minimum absolute atomic E-state index is 0.0387. The van der Waals surface area contributed by atoms with Gasteiger partial charge in [0.05, 0.1) is 24.9 Å². The summed E-state index contributed by atoms with van der Waals surface area (Å²) in [5.41, 5.74) is 1.83. The number of likely N-dealkylation sites (tertiary alicyclic amines) is 2. The number of nitrogens with zero attached hydrogens (tertiary/aromatic N) is 2. The van der Waals surface area contributed by atoms with Gasteiger partial charge in [-0.15, -0.1) is 0 Å². The topological polar surface area (TPSA) is 102 Å². The molecule has 4 unspecified atom stereocenters. The lowest BCUT2D eigenvalue weighted by Gasteiger charge is -2.75. The predicted octanol–water partition coefficient (Wildman–Crippen LogP) is 9.83. The van der Waals surface area contributed by atoms with Crippen LogP contribution < -0.4 is 18.9 Å². The van der Waals surface area contributed by atoms with E-state index in [1.165, 1.54) is 61.0 Å². The highest BCUT2D eigenvalue weighted by Crippen LogP contribution is 2.79. The summed E-state index contributed by atoms with van der Waals surface area (Å²) in [6.45, 7) is 23.5. The van der Waals surface area contributed by atoms with E-state index in [-0.39, 0.29) is 51.1 Å². The van der Waals surface area contributed by atoms with Crippen molar-refractivity contribution in [2.45, 2.75) is 204 Å². The second-order valence-electron chi connectivity index (χ2n) is 28.2. The number of methoxy groups -OCH3 is 2. The number of hydrogen-bond acceptors (Lipinski definition) is 10. The first kappa shape index (κ1) is 48.1. The average Bonchev–Trinajstić information content (AvgIpc) is 4.26. The molecule has 0 radical (unpaired) electrons. The van der Waals surface area contributed by atoms with Crippen LogP contribution in [0.15, 0.2) is 24.3 Å². The molecule has 6 saturated carbocycles. The Balaban J connectivity index is 0.852. The molecule has 8 fully saturated rings. The van der Waals surface area contributed by atoms with Crippen LogP contribution in [0.4, 0.5) is 0 Å². The zero-order chi connectivity index (χ0) is 49.5. The third kappa shape index (κ3) is 6.27. The Morgan fingerprint density at radius 3 is 1.94 bits per heavy atom. The molecule has 8 aliphatic carbocycles. The van der Waals surface area contributed by atoms with E-state index in [0.29, 0.717) is 25.3 Å². The summed E-state index contributed by atoms with van der Waals surface area (Å²) in [7, 11) is 3.62. The molecule has 0 aromatic heterocycles. The molecule has 3 spiro atoms. The number of hydrogen-bond donors (Lipinski definition) is 2. The maximum atomic E-state index is 13.2. The van der Waals surface area contributed by atoms with Crippen molar-refractivity contribution >= 4 is 0 Å². The van der Waals surface area contributed by atoms with Crippen molar-refractivity contribution in [2.24, 2.45) is 45.3 Å². The Kier molecular flexibility index (Phi) is 10.7. The van der Waals surface area contributed by atoms with Gasteiger partial charge < -0.3 is 38.6 Å². The van der Waals surface area contributed by atoms with E-state index in [0.717, 1.165) is 125 Å². The van der Waals surface area contributed by atoms with E-state index in [9.17, 15) is 10.2 Å². The van der Waals surface area contributed by atoms with E-state index in [2.05, 4.69) is 89.5 Å². The Bertz CT molecular complexity index is 2450. The lowest BCUT2D eigenvalue weighted by Crippen LogP contribution is -2.83. The Morgan fingerprint density at radius 1 is 0.676 bits per heavy atom. The monoisotopic (exact) mass is 977 g/mol. The number of aliphatic hydroxyl groups is 2. The summed E-state index contributed by atoms with van der Waals surface area (Å²) in [5, 5.41) is 25.9. The summed E-state index contributed by atoms with van der Waals surface area (Å²) in [5.74, 6) is 5.07. The highest BCUT2D eigenvalue weighted by atomic mass is 16.6. The Labute approximate surface area is 425 Å². The van der Waals surface area contributed by atoms with Crippen LogP contribution in [-0.2, 0) is 33.1 Å². The lowest BCUT2D eigenvalue weighted by molar-refractivity contribution is -0.319. The smallest absolute Gasteiger partial charge is 0.165 e. The molecule has 2 saturated heterocycles. The van der Waals surface area contributed by atoms with Crippen LogP contribution in [0.3, 0.4) is 0 Å². The zero-order valence-electron chi connectivity index (χ0n) is 45.2. The first-order chi connectivity index (χ1) is 33.7. The highest BCUT2D eigenvalue weighted by Gasteiger charge is 2.83. The molecular weight excluding hydrogens is 889 g/mol. The van der Waals surface area contributed by atoms with Gasteiger partial charge in [-0.25, -0.2) is 0 Å². The Hall–Kier alpha value is -2.60. The maximum Gasteiger partial charge on any atom is 0.165 e. The molecule has 390 valence electrons.